The molecule has 170 valence electrons. The Hall–Kier alpha value is -2.05. The number of carbonyl (C=O) groups excluding carboxylic acids is 1. The molecule has 0 unspecified atom stereocenters. The van der Waals surface area contributed by atoms with Gasteiger partial charge in [-0.1, -0.05) is 30.0 Å². The van der Waals surface area contributed by atoms with E-state index in [0.717, 1.165) is 45.9 Å². The van der Waals surface area contributed by atoms with Gasteiger partial charge < -0.3 is 5.11 Å². The van der Waals surface area contributed by atoms with Crippen molar-refractivity contribution in [1.29, 1.82) is 0 Å². The van der Waals surface area contributed by atoms with Gasteiger partial charge in [-0.15, -0.1) is 11.8 Å². The van der Waals surface area contributed by atoms with E-state index in [4.69, 9.17) is 0 Å². The number of benzene rings is 2. The average molecular weight is 480 g/mol. The predicted octanol–water partition coefficient (Wildman–Crippen LogP) is 7.00. The first-order chi connectivity index (χ1) is 15.9. The molecule has 7 rings (SSSR count). The van der Waals surface area contributed by atoms with Crippen molar-refractivity contribution < 1.29 is 14.3 Å². The molecule has 5 aliphatic rings. The Balaban J connectivity index is 1.37. The Bertz CT molecular complexity index is 1180. The van der Waals surface area contributed by atoms with Crippen LogP contribution in [0, 0.1) is 23.6 Å². The summed E-state index contributed by atoms with van der Waals surface area (Å²) in [7, 11) is 0. The standard InChI is InChI=1S/C27H26FNO2S2/c1-32-26-29-25(31)23(33-26)9-15-3-2-4-19(8-15)20-10-21(24(30)22(28)11-20)27-12-16-5-17(13-27)7-18(6-16)14-27/h2-4,8-11,16-18,30H,5-7,12-14H2,1H3/b23-9-. The van der Waals surface area contributed by atoms with Gasteiger partial charge in [0.1, 0.15) is 4.38 Å². The van der Waals surface area contributed by atoms with Crippen LogP contribution in [0.15, 0.2) is 46.3 Å². The molecule has 1 aliphatic heterocycles. The van der Waals surface area contributed by atoms with E-state index < -0.39 is 5.82 Å². The van der Waals surface area contributed by atoms with Gasteiger partial charge in [-0.3, -0.25) is 4.79 Å². The Labute approximate surface area is 202 Å². The minimum Gasteiger partial charge on any atom is -0.505 e. The zero-order chi connectivity index (χ0) is 22.7. The number of aromatic hydroxyl groups is 1. The monoisotopic (exact) mass is 479 g/mol. The lowest BCUT2D eigenvalue weighted by Gasteiger charge is -2.57. The van der Waals surface area contributed by atoms with Gasteiger partial charge in [-0.25, -0.2) is 4.39 Å². The largest absolute Gasteiger partial charge is 0.505 e. The van der Waals surface area contributed by atoms with E-state index in [1.54, 1.807) is 0 Å². The van der Waals surface area contributed by atoms with Gasteiger partial charge in [0, 0.05) is 5.56 Å². The Morgan fingerprint density at radius 1 is 1.09 bits per heavy atom. The van der Waals surface area contributed by atoms with Crippen molar-refractivity contribution in [2.75, 3.05) is 6.26 Å². The number of carbonyl (C=O) groups is 1. The summed E-state index contributed by atoms with van der Waals surface area (Å²) in [6, 6.07) is 11.3. The molecule has 0 spiro atoms. The minimum atomic E-state index is -0.540. The topological polar surface area (TPSA) is 49.7 Å². The molecule has 4 fully saturated rings. The molecule has 3 nitrogen and oxygen atoms in total. The quantitative estimate of drug-likeness (QED) is 0.482. The van der Waals surface area contributed by atoms with Gasteiger partial charge in [0.2, 0.25) is 0 Å². The molecule has 4 saturated carbocycles. The van der Waals surface area contributed by atoms with Crippen molar-refractivity contribution in [3.05, 3.63) is 58.2 Å². The molecule has 4 bridgehead atoms. The van der Waals surface area contributed by atoms with Gasteiger partial charge in [0.25, 0.3) is 5.91 Å². The maximum atomic E-state index is 15.0. The van der Waals surface area contributed by atoms with Crippen LogP contribution < -0.4 is 0 Å². The molecule has 1 N–H and O–H groups in total. The van der Waals surface area contributed by atoms with Gasteiger partial charge in [-0.05, 0) is 109 Å². The first kappa shape index (κ1) is 21.5. The highest BCUT2D eigenvalue weighted by atomic mass is 32.2. The number of phenols is 1. The van der Waals surface area contributed by atoms with Crippen LogP contribution in [0.4, 0.5) is 4.39 Å². The molecule has 1 heterocycles. The number of amides is 1. The normalized spacial score (nSPS) is 31.5. The van der Waals surface area contributed by atoms with Crippen LogP contribution in [-0.4, -0.2) is 21.6 Å². The fourth-order valence-electron chi connectivity index (χ4n) is 7.05. The molecule has 0 radical (unpaired) electrons. The van der Waals surface area contributed by atoms with E-state index in [0.29, 0.717) is 22.7 Å². The lowest BCUT2D eigenvalue weighted by atomic mass is 9.48. The maximum absolute atomic E-state index is 15.0. The summed E-state index contributed by atoms with van der Waals surface area (Å²) in [6.07, 6.45) is 10.9. The van der Waals surface area contributed by atoms with Crippen LogP contribution in [0.1, 0.15) is 49.7 Å². The van der Waals surface area contributed by atoms with Gasteiger partial charge >= 0.3 is 0 Å². The fourth-order valence-corrected chi connectivity index (χ4v) is 8.47. The van der Waals surface area contributed by atoms with E-state index >= 15 is 4.39 Å². The van der Waals surface area contributed by atoms with Crippen LogP contribution in [0.5, 0.6) is 5.75 Å². The molecular weight excluding hydrogens is 453 g/mol. The molecule has 6 heteroatoms. The molecule has 1 amide bonds. The Morgan fingerprint density at radius 3 is 2.42 bits per heavy atom. The number of hydrogen-bond donors (Lipinski definition) is 1. The van der Waals surface area contributed by atoms with Crippen LogP contribution in [-0.2, 0) is 10.2 Å². The van der Waals surface area contributed by atoms with Crippen LogP contribution >= 0.6 is 23.5 Å². The maximum Gasteiger partial charge on any atom is 0.285 e. The van der Waals surface area contributed by atoms with E-state index in [1.165, 1.54) is 48.9 Å². The third-order valence-corrected chi connectivity index (χ3v) is 9.94. The first-order valence-electron chi connectivity index (χ1n) is 11.6. The molecule has 2 aromatic carbocycles. The second kappa shape index (κ2) is 8.02. The number of halogens is 1. The van der Waals surface area contributed by atoms with E-state index in [-0.39, 0.29) is 17.1 Å². The molecule has 0 atom stereocenters. The number of phenolic OH excluding ortho intramolecular Hbond substituents is 1. The Morgan fingerprint density at radius 2 is 1.79 bits per heavy atom. The van der Waals surface area contributed by atoms with Crippen LogP contribution in [0.2, 0.25) is 0 Å². The smallest absolute Gasteiger partial charge is 0.285 e. The number of nitrogens with zero attached hydrogens (tertiary/aromatic N) is 1. The second-order valence-electron chi connectivity index (χ2n) is 10.2. The van der Waals surface area contributed by atoms with Crippen molar-refractivity contribution >= 4 is 39.9 Å². The van der Waals surface area contributed by atoms with Gasteiger partial charge in [0.15, 0.2) is 11.6 Å². The summed E-state index contributed by atoms with van der Waals surface area (Å²) < 4.78 is 15.8. The number of thioether (sulfide) groups is 2. The van der Waals surface area contributed by atoms with Gasteiger partial charge in [0.05, 0.1) is 4.91 Å². The van der Waals surface area contributed by atoms with Crippen molar-refractivity contribution in [2.45, 2.75) is 43.9 Å². The van der Waals surface area contributed by atoms with E-state index in [1.807, 2.05) is 42.7 Å². The van der Waals surface area contributed by atoms with Gasteiger partial charge in [-0.2, -0.15) is 4.99 Å². The molecule has 4 aliphatic carbocycles. The SMILES string of the molecule is CSC1=NC(=O)/C(=C/c2cccc(-c3cc(F)c(O)c(C45CC6CC(CC(C6)C4)C5)c3)c2)S1. The number of aliphatic imine (C=N–C) groups is 1. The van der Waals surface area contributed by atoms with E-state index in [2.05, 4.69) is 4.99 Å². The summed E-state index contributed by atoms with van der Waals surface area (Å²) in [5.41, 5.74) is 3.26. The lowest BCUT2D eigenvalue weighted by molar-refractivity contribution is -0.113. The zero-order valence-electron chi connectivity index (χ0n) is 18.5. The third-order valence-electron chi connectivity index (χ3n) is 7.97. The van der Waals surface area contributed by atoms with Crippen molar-refractivity contribution in [2.24, 2.45) is 22.7 Å². The molecule has 33 heavy (non-hydrogen) atoms. The second-order valence-corrected chi connectivity index (χ2v) is 12.3. The summed E-state index contributed by atoms with van der Waals surface area (Å²) >= 11 is 2.85. The molecule has 2 aromatic rings. The predicted molar refractivity (Wildman–Crippen MR) is 135 cm³/mol. The molecule has 0 aromatic heterocycles. The van der Waals surface area contributed by atoms with E-state index in [9.17, 15) is 9.90 Å². The van der Waals surface area contributed by atoms with Crippen LogP contribution in [0.25, 0.3) is 17.2 Å². The number of hydrogen-bond acceptors (Lipinski definition) is 4. The first-order valence-corrected chi connectivity index (χ1v) is 13.7. The van der Waals surface area contributed by atoms with Crippen molar-refractivity contribution in [3.63, 3.8) is 0 Å². The summed E-state index contributed by atoms with van der Waals surface area (Å²) in [6.45, 7) is 0. The molecule has 0 saturated heterocycles. The zero-order valence-corrected chi connectivity index (χ0v) is 20.1. The van der Waals surface area contributed by atoms with Crippen LogP contribution in [0.3, 0.4) is 0 Å². The molecular formula is C27H26FNO2S2. The Kier molecular flexibility index (Phi) is 5.22. The summed E-state index contributed by atoms with van der Waals surface area (Å²) in [5, 5.41) is 10.8. The van der Waals surface area contributed by atoms with Crippen molar-refractivity contribution in [3.8, 4) is 16.9 Å². The highest BCUT2D eigenvalue weighted by Crippen LogP contribution is 2.62. The summed E-state index contributed by atoms with van der Waals surface area (Å²) in [5.74, 6) is 1.23. The highest BCUT2D eigenvalue weighted by Gasteiger charge is 2.52. The minimum absolute atomic E-state index is 0.0895. The average Bonchev–Trinajstić information content (AvgIpc) is 3.14. The number of rotatable bonds is 3. The summed E-state index contributed by atoms with van der Waals surface area (Å²) in [4.78, 5) is 16.8. The fraction of sp³-hybridized carbons (Fsp3) is 0.407. The lowest BCUT2D eigenvalue weighted by Crippen LogP contribution is -2.48. The highest BCUT2D eigenvalue weighted by molar-refractivity contribution is 8.40. The van der Waals surface area contributed by atoms with Crippen molar-refractivity contribution in [1.82, 2.24) is 0 Å². The third kappa shape index (κ3) is 3.75.